The van der Waals surface area contributed by atoms with E-state index in [0.29, 0.717) is 18.0 Å². The first kappa shape index (κ1) is 23.7. The molecule has 176 valence electrons. The molecule has 4 aromatic rings. The quantitative estimate of drug-likeness (QED) is 0.354. The van der Waals surface area contributed by atoms with Crippen molar-refractivity contribution >= 4 is 45.9 Å². The third kappa shape index (κ3) is 4.91. The lowest BCUT2D eigenvalue weighted by molar-refractivity contribution is 0.198. The number of H-pyrrole nitrogens is 1. The van der Waals surface area contributed by atoms with Gasteiger partial charge in [0.1, 0.15) is 17.8 Å². The summed E-state index contributed by atoms with van der Waals surface area (Å²) in [6.07, 6.45) is 1.46. The normalized spacial score (nSPS) is 12.2. The van der Waals surface area contributed by atoms with Crippen molar-refractivity contribution in [3.05, 3.63) is 74.7 Å². The predicted octanol–water partition coefficient (Wildman–Crippen LogP) is 3.97. The number of nitrogens with one attached hydrogen (secondary N) is 3. The van der Waals surface area contributed by atoms with Crippen LogP contribution >= 0.6 is 23.2 Å². The maximum Gasteiger partial charge on any atom is 0.333 e. The van der Waals surface area contributed by atoms with Crippen LogP contribution in [-0.4, -0.2) is 51.2 Å². The fourth-order valence-corrected chi connectivity index (χ4v) is 3.70. The van der Waals surface area contributed by atoms with Crippen molar-refractivity contribution in [3.8, 4) is 11.4 Å². The highest BCUT2D eigenvalue weighted by Gasteiger charge is 2.15. The fraction of sp³-hybridized carbons (Fsp3) is 0.217. The molecule has 0 aliphatic rings. The minimum Gasteiger partial charge on any atom is -0.492 e. The molecule has 2 aromatic carbocycles. The molecule has 0 fully saturated rings. The van der Waals surface area contributed by atoms with E-state index in [1.165, 1.54) is 6.20 Å². The van der Waals surface area contributed by atoms with Gasteiger partial charge in [0.15, 0.2) is 5.65 Å². The Morgan fingerprint density at radius 2 is 1.85 bits per heavy atom. The van der Waals surface area contributed by atoms with E-state index in [0.717, 1.165) is 16.0 Å². The number of nitrogens with zero attached hydrogens (tertiary/aromatic N) is 4. The number of benzene rings is 2. The highest BCUT2D eigenvalue weighted by Crippen LogP contribution is 2.26. The average Bonchev–Trinajstić information content (AvgIpc) is 2.80. The molecule has 1 atom stereocenters. The van der Waals surface area contributed by atoms with Gasteiger partial charge < -0.3 is 15.0 Å². The maximum atomic E-state index is 12.8. The van der Waals surface area contributed by atoms with Crippen LogP contribution in [0, 0.1) is 5.41 Å². The van der Waals surface area contributed by atoms with Crippen molar-refractivity contribution in [2.45, 2.75) is 13.0 Å². The highest BCUT2D eigenvalue weighted by atomic mass is 35.5. The number of hydrogen-bond donors (Lipinski definition) is 3. The van der Waals surface area contributed by atoms with E-state index < -0.39 is 5.69 Å². The summed E-state index contributed by atoms with van der Waals surface area (Å²) < 4.78 is 6.90. The number of ether oxygens (including phenoxy) is 1. The number of fused-ring (bicyclic) bond motifs is 1. The summed E-state index contributed by atoms with van der Waals surface area (Å²) in [6, 6.07) is 12.6. The molecule has 0 saturated heterocycles. The van der Waals surface area contributed by atoms with Gasteiger partial charge in [-0.3, -0.25) is 10.4 Å². The van der Waals surface area contributed by atoms with Gasteiger partial charge in [0.05, 0.1) is 21.1 Å². The molecule has 2 aromatic heterocycles. The number of rotatable bonds is 7. The van der Waals surface area contributed by atoms with Crippen molar-refractivity contribution in [1.29, 1.82) is 5.41 Å². The van der Waals surface area contributed by atoms with Gasteiger partial charge in [0.25, 0.3) is 0 Å². The van der Waals surface area contributed by atoms with Gasteiger partial charge in [-0.15, -0.1) is 0 Å². The third-order valence-corrected chi connectivity index (χ3v) is 5.95. The lowest BCUT2D eigenvalue weighted by atomic mass is 10.3. The third-order valence-electron chi connectivity index (χ3n) is 5.34. The van der Waals surface area contributed by atoms with Crippen molar-refractivity contribution in [3.63, 3.8) is 0 Å². The van der Waals surface area contributed by atoms with Gasteiger partial charge in [-0.1, -0.05) is 29.3 Å². The van der Waals surface area contributed by atoms with Gasteiger partial charge in [0, 0.05) is 17.9 Å². The summed E-state index contributed by atoms with van der Waals surface area (Å²) in [6.45, 7) is 2.67. The minimum atomic E-state index is -0.592. The molecule has 0 aliphatic carbocycles. The Morgan fingerprint density at radius 1 is 1.18 bits per heavy atom. The van der Waals surface area contributed by atoms with Crippen LogP contribution in [0.5, 0.6) is 5.75 Å². The van der Waals surface area contributed by atoms with Gasteiger partial charge >= 0.3 is 5.69 Å². The maximum absolute atomic E-state index is 12.8. The molecule has 34 heavy (non-hydrogen) atoms. The van der Waals surface area contributed by atoms with E-state index in [9.17, 15) is 4.79 Å². The van der Waals surface area contributed by atoms with Crippen LogP contribution in [-0.2, 0) is 0 Å². The van der Waals surface area contributed by atoms with Crippen LogP contribution in [0.15, 0.2) is 53.5 Å². The van der Waals surface area contributed by atoms with Crippen LogP contribution < -0.4 is 21.2 Å². The van der Waals surface area contributed by atoms with Crippen molar-refractivity contribution in [2.75, 3.05) is 26.0 Å². The highest BCUT2D eigenvalue weighted by molar-refractivity contribution is 6.37. The molecule has 0 radical (unpaired) electrons. The Morgan fingerprint density at radius 3 is 2.50 bits per heavy atom. The lowest BCUT2D eigenvalue weighted by Gasteiger charge is -2.20. The van der Waals surface area contributed by atoms with Gasteiger partial charge in [-0.2, -0.15) is 4.98 Å². The number of para-hydroxylation sites is 1. The smallest absolute Gasteiger partial charge is 0.333 e. The van der Waals surface area contributed by atoms with Gasteiger partial charge in [0.2, 0.25) is 5.95 Å². The summed E-state index contributed by atoms with van der Waals surface area (Å²) in [7, 11) is 4.01. The Hall–Kier alpha value is -3.40. The zero-order valence-corrected chi connectivity index (χ0v) is 20.3. The summed E-state index contributed by atoms with van der Waals surface area (Å²) in [5, 5.41) is 12.5. The first-order chi connectivity index (χ1) is 16.2. The molecular formula is C23H23Cl2N7O2. The first-order valence-corrected chi connectivity index (χ1v) is 11.2. The van der Waals surface area contributed by atoms with Crippen molar-refractivity contribution in [2.24, 2.45) is 0 Å². The minimum absolute atomic E-state index is 0.131. The predicted molar refractivity (Wildman–Crippen MR) is 134 cm³/mol. The number of aromatic nitrogens is 4. The van der Waals surface area contributed by atoms with E-state index in [4.69, 9.17) is 33.3 Å². The molecule has 0 amide bonds. The SMILES string of the molecule is CC(COc1ccc(Nc2ncc3c(=N)n(-c4c(Cl)cccc4Cl)c(=O)[nH]c3n2)cc1)N(C)C. The summed E-state index contributed by atoms with van der Waals surface area (Å²) in [5.74, 6) is 1.02. The van der Waals surface area contributed by atoms with Crippen molar-refractivity contribution < 1.29 is 4.74 Å². The first-order valence-electron chi connectivity index (χ1n) is 10.4. The van der Waals surface area contributed by atoms with E-state index >= 15 is 0 Å². The summed E-state index contributed by atoms with van der Waals surface area (Å²) >= 11 is 12.5. The summed E-state index contributed by atoms with van der Waals surface area (Å²) in [5.41, 5.74) is 0.460. The summed E-state index contributed by atoms with van der Waals surface area (Å²) in [4.78, 5) is 26.2. The van der Waals surface area contributed by atoms with Crippen LogP contribution in [0.25, 0.3) is 16.7 Å². The van der Waals surface area contributed by atoms with Gasteiger partial charge in [-0.25, -0.2) is 14.3 Å². The number of aromatic amines is 1. The second-order valence-corrected chi connectivity index (χ2v) is 8.73. The Kier molecular flexibility index (Phi) is 6.87. The molecule has 4 rings (SSSR count). The van der Waals surface area contributed by atoms with E-state index in [1.807, 2.05) is 38.4 Å². The van der Waals surface area contributed by atoms with Crippen LogP contribution in [0.3, 0.4) is 0 Å². The molecular weight excluding hydrogens is 477 g/mol. The standard InChI is InChI=1S/C23H23Cl2N7O2/c1-13(31(2)3)12-34-15-9-7-14(8-10-15)28-22-27-11-16-20(26)32(23(33)30-21(16)29-22)19-17(24)5-4-6-18(19)25/h4-11,13,26H,12H2,1-3H3,(H2,27,28,29,30,33). The average molecular weight is 500 g/mol. The van der Waals surface area contributed by atoms with Crippen LogP contribution in [0.1, 0.15) is 6.92 Å². The zero-order valence-electron chi connectivity index (χ0n) is 18.8. The molecule has 11 heteroatoms. The number of halogens is 2. The lowest BCUT2D eigenvalue weighted by Crippen LogP contribution is -2.34. The Bertz CT molecular complexity index is 1430. The second-order valence-electron chi connectivity index (χ2n) is 7.91. The molecule has 0 aliphatic heterocycles. The molecule has 2 heterocycles. The molecule has 0 spiro atoms. The monoisotopic (exact) mass is 499 g/mol. The molecule has 9 nitrogen and oxygen atoms in total. The molecule has 0 saturated carbocycles. The Balaban J connectivity index is 1.59. The molecule has 3 N–H and O–H groups in total. The van der Waals surface area contributed by atoms with E-state index in [-0.39, 0.29) is 32.8 Å². The van der Waals surface area contributed by atoms with E-state index in [1.54, 1.807) is 18.2 Å². The molecule has 0 bridgehead atoms. The molecule has 1 unspecified atom stereocenters. The Labute approximate surface area is 205 Å². The largest absolute Gasteiger partial charge is 0.492 e. The topological polar surface area (TPSA) is 112 Å². The van der Waals surface area contributed by atoms with Crippen molar-refractivity contribution in [1.82, 2.24) is 24.4 Å². The van der Waals surface area contributed by atoms with Crippen LogP contribution in [0.4, 0.5) is 11.6 Å². The van der Waals surface area contributed by atoms with Gasteiger partial charge in [-0.05, 0) is 57.4 Å². The second kappa shape index (κ2) is 9.84. The zero-order chi connectivity index (χ0) is 24.4. The van der Waals surface area contributed by atoms with E-state index in [2.05, 4.69) is 32.1 Å². The van der Waals surface area contributed by atoms with Crippen LogP contribution in [0.2, 0.25) is 10.0 Å². The number of anilines is 2. The fourth-order valence-electron chi connectivity index (χ4n) is 3.14. The number of likely N-dealkylation sites (N-methyl/N-ethyl adjacent to an activating group) is 1. The number of hydrogen-bond acceptors (Lipinski definition) is 7.